The molecule has 2 aromatic heterocycles. The van der Waals surface area contributed by atoms with Gasteiger partial charge in [0.1, 0.15) is 6.61 Å². The highest BCUT2D eigenvalue weighted by atomic mass is 32.1. The number of hydrogen-bond donors (Lipinski definition) is 0. The Morgan fingerprint density at radius 2 is 1.94 bits per heavy atom. The molecule has 4 aromatic rings. The number of para-hydroxylation sites is 1. The van der Waals surface area contributed by atoms with Crippen molar-refractivity contribution in [1.82, 2.24) is 19.9 Å². The van der Waals surface area contributed by atoms with Crippen LogP contribution in [0.15, 0.2) is 72.2 Å². The fourth-order valence-electron chi connectivity index (χ4n) is 3.23. The predicted molar refractivity (Wildman–Crippen MR) is 123 cm³/mol. The lowest BCUT2D eigenvalue weighted by atomic mass is 10.1. The normalized spacial score (nSPS) is 10.7. The van der Waals surface area contributed by atoms with Gasteiger partial charge in [-0.3, -0.25) is 4.79 Å². The van der Waals surface area contributed by atoms with Crippen molar-refractivity contribution in [2.24, 2.45) is 0 Å². The van der Waals surface area contributed by atoms with Gasteiger partial charge in [0.2, 0.25) is 0 Å². The van der Waals surface area contributed by atoms with Gasteiger partial charge in [-0.2, -0.15) is 9.90 Å². The molecule has 0 saturated heterocycles. The smallest absolute Gasteiger partial charge is 0.276 e. The largest absolute Gasteiger partial charge is 0.493 e. The number of rotatable bonds is 9. The summed E-state index contributed by atoms with van der Waals surface area (Å²) in [7, 11) is 1.61. The molecule has 0 aliphatic carbocycles. The van der Waals surface area contributed by atoms with E-state index in [0.29, 0.717) is 36.9 Å². The van der Waals surface area contributed by atoms with Crippen LogP contribution >= 0.6 is 11.3 Å². The summed E-state index contributed by atoms with van der Waals surface area (Å²) < 4.78 is 11.4. The zero-order valence-corrected chi connectivity index (χ0v) is 18.8. The van der Waals surface area contributed by atoms with Gasteiger partial charge in [0.05, 0.1) is 19.0 Å². The van der Waals surface area contributed by atoms with Crippen LogP contribution in [0.4, 0.5) is 0 Å². The second-order valence-corrected chi connectivity index (χ2v) is 8.06. The van der Waals surface area contributed by atoms with Gasteiger partial charge in [0.15, 0.2) is 17.2 Å². The third-order valence-corrected chi connectivity index (χ3v) is 5.77. The summed E-state index contributed by atoms with van der Waals surface area (Å²) >= 11 is 1.65. The minimum Gasteiger partial charge on any atom is -0.493 e. The van der Waals surface area contributed by atoms with Crippen LogP contribution in [0.3, 0.4) is 0 Å². The molecule has 0 atom stereocenters. The third-order valence-electron chi connectivity index (χ3n) is 4.92. The van der Waals surface area contributed by atoms with E-state index in [-0.39, 0.29) is 5.91 Å². The number of methoxy groups -OCH3 is 1. The van der Waals surface area contributed by atoms with Gasteiger partial charge >= 0.3 is 0 Å². The van der Waals surface area contributed by atoms with Crippen molar-refractivity contribution in [3.05, 3.63) is 88.4 Å². The molecule has 2 heterocycles. The Labute approximate surface area is 190 Å². The summed E-state index contributed by atoms with van der Waals surface area (Å²) in [5.74, 6) is 1.13. The van der Waals surface area contributed by atoms with Crippen LogP contribution in [0.5, 0.6) is 11.5 Å². The fraction of sp³-hybridized carbons (Fsp3) is 0.208. The summed E-state index contributed by atoms with van der Waals surface area (Å²) in [6.07, 6.45) is 1.50. The van der Waals surface area contributed by atoms with Crippen molar-refractivity contribution in [2.75, 3.05) is 13.7 Å². The molecule has 7 nitrogen and oxygen atoms in total. The summed E-state index contributed by atoms with van der Waals surface area (Å²) in [6.45, 7) is 3.39. The molecule has 8 heteroatoms. The average molecular weight is 449 g/mol. The number of benzene rings is 2. The maximum atomic E-state index is 13.0. The molecule has 0 saturated carbocycles. The van der Waals surface area contributed by atoms with Crippen molar-refractivity contribution in [3.8, 4) is 17.2 Å². The number of nitrogens with zero attached hydrogens (tertiary/aromatic N) is 4. The van der Waals surface area contributed by atoms with Crippen LogP contribution in [0.25, 0.3) is 5.69 Å². The molecule has 0 radical (unpaired) electrons. The molecule has 0 spiro atoms. The SMILES string of the molecule is CCN(Cc1ccc(OCc2cccs2)c(OC)c1)C(=O)c1cnn(-c2ccccc2)n1. The van der Waals surface area contributed by atoms with E-state index in [9.17, 15) is 4.79 Å². The zero-order chi connectivity index (χ0) is 22.3. The molecule has 1 amide bonds. The number of carbonyl (C=O) groups excluding carboxylic acids is 1. The molecular weight excluding hydrogens is 424 g/mol. The number of thiophene rings is 1. The van der Waals surface area contributed by atoms with Crippen LogP contribution in [-0.2, 0) is 13.2 Å². The van der Waals surface area contributed by atoms with Gasteiger partial charge in [0.25, 0.3) is 5.91 Å². The van der Waals surface area contributed by atoms with Gasteiger partial charge in [-0.1, -0.05) is 30.3 Å². The van der Waals surface area contributed by atoms with Crippen LogP contribution in [0.1, 0.15) is 27.9 Å². The van der Waals surface area contributed by atoms with Crippen LogP contribution in [-0.4, -0.2) is 39.5 Å². The first-order valence-electron chi connectivity index (χ1n) is 10.3. The lowest BCUT2D eigenvalue weighted by Crippen LogP contribution is -2.30. The van der Waals surface area contributed by atoms with Gasteiger partial charge < -0.3 is 14.4 Å². The Morgan fingerprint density at radius 1 is 1.09 bits per heavy atom. The van der Waals surface area contributed by atoms with E-state index in [1.54, 1.807) is 23.3 Å². The Hall–Kier alpha value is -3.65. The highest BCUT2D eigenvalue weighted by molar-refractivity contribution is 7.09. The highest BCUT2D eigenvalue weighted by Crippen LogP contribution is 2.30. The minimum atomic E-state index is -0.174. The summed E-state index contributed by atoms with van der Waals surface area (Å²) in [6, 6.07) is 19.3. The van der Waals surface area contributed by atoms with Crippen molar-refractivity contribution >= 4 is 17.2 Å². The molecule has 2 aromatic carbocycles. The Morgan fingerprint density at radius 3 is 2.66 bits per heavy atom. The first-order chi connectivity index (χ1) is 15.7. The van der Waals surface area contributed by atoms with E-state index < -0.39 is 0 Å². The van der Waals surface area contributed by atoms with Gasteiger partial charge in [-0.15, -0.1) is 16.4 Å². The van der Waals surface area contributed by atoms with Crippen molar-refractivity contribution in [1.29, 1.82) is 0 Å². The predicted octanol–water partition coefficient (Wildman–Crippen LogP) is 4.58. The Bertz CT molecular complexity index is 1160. The third kappa shape index (κ3) is 4.97. The van der Waals surface area contributed by atoms with Crippen molar-refractivity contribution < 1.29 is 14.3 Å². The standard InChI is InChI=1S/C24H24N4O3S/c1-3-27(24(29)21-15-25-28(26-21)19-8-5-4-6-9-19)16-18-11-12-22(23(14-18)30-2)31-17-20-10-7-13-32-20/h4-15H,3,16-17H2,1-2H3. The van der Waals surface area contributed by atoms with Crippen LogP contribution in [0, 0.1) is 0 Å². The number of aromatic nitrogens is 3. The summed E-state index contributed by atoms with van der Waals surface area (Å²) in [5.41, 5.74) is 2.05. The number of ether oxygens (including phenoxy) is 2. The van der Waals surface area contributed by atoms with Gasteiger partial charge in [0, 0.05) is 18.0 Å². The Kier molecular flexibility index (Phi) is 6.81. The zero-order valence-electron chi connectivity index (χ0n) is 18.0. The Balaban J connectivity index is 1.45. The molecule has 0 N–H and O–H groups in total. The quantitative estimate of drug-likeness (QED) is 0.375. The van der Waals surface area contributed by atoms with Crippen molar-refractivity contribution in [2.45, 2.75) is 20.1 Å². The number of hydrogen-bond acceptors (Lipinski definition) is 6. The summed E-state index contributed by atoms with van der Waals surface area (Å²) in [5, 5.41) is 10.6. The first kappa shape index (κ1) is 21.6. The number of amides is 1. The van der Waals surface area contributed by atoms with E-state index in [1.807, 2.05) is 73.0 Å². The second kappa shape index (κ2) is 10.1. The van der Waals surface area contributed by atoms with E-state index >= 15 is 0 Å². The molecule has 0 fully saturated rings. The maximum Gasteiger partial charge on any atom is 0.276 e. The molecular formula is C24H24N4O3S. The monoisotopic (exact) mass is 448 g/mol. The lowest BCUT2D eigenvalue weighted by Gasteiger charge is -2.20. The fourth-order valence-corrected chi connectivity index (χ4v) is 3.85. The van der Waals surface area contributed by atoms with Gasteiger partial charge in [-0.05, 0) is 48.2 Å². The lowest BCUT2D eigenvalue weighted by molar-refractivity contribution is 0.0746. The highest BCUT2D eigenvalue weighted by Gasteiger charge is 2.19. The van der Waals surface area contributed by atoms with E-state index in [1.165, 1.54) is 11.0 Å². The molecule has 0 aliphatic rings. The van der Waals surface area contributed by atoms with Crippen LogP contribution in [0.2, 0.25) is 0 Å². The van der Waals surface area contributed by atoms with Crippen LogP contribution < -0.4 is 9.47 Å². The molecule has 4 rings (SSSR count). The van der Waals surface area contributed by atoms with E-state index in [0.717, 1.165) is 16.1 Å². The molecule has 164 valence electrons. The second-order valence-electron chi connectivity index (χ2n) is 7.03. The maximum absolute atomic E-state index is 13.0. The number of carbonyl (C=O) groups is 1. The molecule has 0 bridgehead atoms. The van der Waals surface area contributed by atoms with Crippen molar-refractivity contribution in [3.63, 3.8) is 0 Å². The summed E-state index contributed by atoms with van der Waals surface area (Å²) in [4.78, 5) is 17.4. The molecule has 0 aliphatic heterocycles. The van der Waals surface area contributed by atoms with E-state index in [2.05, 4.69) is 10.2 Å². The average Bonchev–Trinajstić information content (AvgIpc) is 3.54. The first-order valence-corrected chi connectivity index (χ1v) is 11.1. The topological polar surface area (TPSA) is 69.5 Å². The van der Waals surface area contributed by atoms with E-state index in [4.69, 9.17) is 9.47 Å². The minimum absolute atomic E-state index is 0.174. The molecule has 32 heavy (non-hydrogen) atoms. The van der Waals surface area contributed by atoms with Gasteiger partial charge in [-0.25, -0.2) is 0 Å². The molecule has 0 unspecified atom stereocenters.